The highest BCUT2D eigenvalue weighted by molar-refractivity contribution is 14.1. The largest absolute Gasteiger partial charge is 0.573 e. The van der Waals surface area contributed by atoms with Crippen molar-refractivity contribution < 1.29 is 26.7 Å². The van der Waals surface area contributed by atoms with Gasteiger partial charge in [-0.05, 0) is 22.6 Å². The first-order valence-electron chi connectivity index (χ1n) is 4.34. The number of hydrogen-bond acceptors (Lipinski definition) is 3. The number of alkyl halides is 5. The first kappa shape index (κ1) is 14.9. The smallest absolute Gasteiger partial charge is 0.405 e. The maximum absolute atomic E-state index is 12.6. The van der Waals surface area contributed by atoms with Crippen molar-refractivity contribution in [1.29, 1.82) is 5.26 Å². The summed E-state index contributed by atoms with van der Waals surface area (Å²) in [6.45, 7) is 0. The number of rotatable bonds is 3. The highest BCUT2D eigenvalue weighted by Crippen LogP contribution is 2.33. The molecule has 0 bridgehead atoms. The number of halogens is 6. The van der Waals surface area contributed by atoms with Gasteiger partial charge in [0, 0.05) is 11.6 Å². The van der Waals surface area contributed by atoms with Gasteiger partial charge in [0.2, 0.25) is 0 Å². The molecule has 3 nitrogen and oxygen atoms in total. The maximum atomic E-state index is 12.6. The number of nitrogens with zero attached hydrogens (tertiary/aromatic N) is 2. The second-order valence-electron chi connectivity index (χ2n) is 2.99. The Morgan fingerprint density at radius 3 is 2.50 bits per heavy atom. The highest BCUT2D eigenvalue weighted by atomic mass is 127. The summed E-state index contributed by atoms with van der Waals surface area (Å²) in [5.41, 5.74) is -1.42. The summed E-state index contributed by atoms with van der Waals surface area (Å²) < 4.78 is 65.1. The minimum absolute atomic E-state index is 0.0798. The molecule has 0 saturated heterocycles. The fraction of sp³-hybridized carbons (Fsp3) is 0.333. The molecule has 18 heavy (non-hydrogen) atoms. The molecule has 0 aliphatic heterocycles. The van der Waals surface area contributed by atoms with Crippen molar-refractivity contribution in [2.75, 3.05) is 0 Å². The standard InChI is InChI=1S/C9H4F5IN2O/c10-8(11)7-4(1-2-16)5(3-6(15)17-7)18-9(12,13)14/h3,8H,1H2. The van der Waals surface area contributed by atoms with E-state index >= 15 is 0 Å². The van der Waals surface area contributed by atoms with Crippen LogP contribution in [0.1, 0.15) is 17.7 Å². The van der Waals surface area contributed by atoms with E-state index in [1.165, 1.54) is 28.7 Å². The van der Waals surface area contributed by atoms with Crippen LogP contribution in [-0.4, -0.2) is 11.3 Å². The van der Waals surface area contributed by atoms with Crippen molar-refractivity contribution in [3.05, 3.63) is 21.0 Å². The Hall–Kier alpha value is -1.18. The Morgan fingerprint density at radius 2 is 2.06 bits per heavy atom. The summed E-state index contributed by atoms with van der Waals surface area (Å²) in [5, 5.41) is 8.46. The zero-order chi connectivity index (χ0) is 13.9. The van der Waals surface area contributed by atoms with Crippen LogP contribution >= 0.6 is 22.6 Å². The summed E-state index contributed by atoms with van der Waals surface area (Å²) >= 11 is 1.49. The molecule has 0 aromatic carbocycles. The molecule has 0 radical (unpaired) electrons. The molecule has 0 fully saturated rings. The maximum Gasteiger partial charge on any atom is 0.573 e. The lowest BCUT2D eigenvalue weighted by molar-refractivity contribution is -0.275. The molecule has 0 aliphatic carbocycles. The molecule has 1 rings (SSSR count). The van der Waals surface area contributed by atoms with Crippen LogP contribution in [0.5, 0.6) is 5.75 Å². The van der Waals surface area contributed by atoms with Gasteiger partial charge < -0.3 is 4.74 Å². The number of aromatic nitrogens is 1. The van der Waals surface area contributed by atoms with Gasteiger partial charge in [0.05, 0.1) is 12.5 Å². The van der Waals surface area contributed by atoms with Gasteiger partial charge in [0.15, 0.2) is 0 Å². The van der Waals surface area contributed by atoms with Gasteiger partial charge >= 0.3 is 6.36 Å². The quantitative estimate of drug-likeness (QED) is 0.459. The molecular weight excluding hydrogens is 374 g/mol. The van der Waals surface area contributed by atoms with E-state index in [4.69, 9.17) is 5.26 Å². The Bertz CT molecular complexity index is 483. The average molecular weight is 378 g/mol. The molecule has 0 atom stereocenters. The van der Waals surface area contributed by atoms with Crippen LogP contribution in [0.2, 0.25) is 0 Å². The Kier molecular flexibility index (Phi) is 4.66. The van der Waals surface area contributed by atoms with Crippen LogP contribution in [0.15, 0.2) is 6.07 Å². The van der Waals surface area contributed by atoms with Crippen molar-refractivity contribution in [2.45, 2.75) is 19.2 Å². The fourth-order valence-electron chi connectivity index (χ4n) is 1.19. The average Bonchev–Trinajstić information content (AvgIpc) is 2.19. The normalized spacial score (nSPS) is 11.4. The van der Waals surface area contributed by atoms with E-state index in [2.05, 4.69) is 9.72 Å². The first-order valence-corrected chi connectivity index (χ1v) is 5.42. The summed E-state index contributed by atoms with van der Waals surface area (Å²) in [4.78, 5) is 3.42. The molecule has 1 aromatic rings. The SMILES string of the molecule is N#CCc1c(OC(F)(F)F)cc(I)nc1C(F)F. The summed E-state index contributed by atoms with van der Waals surface area (Å²) in [6.07, 6.45) is -8.75. The lowest BCUT2D eigenvalue weighted by atomic mass is 10.1. The van der Waals surface area contributed by atoms with Crippen molar-refractivity contribution in [1.82, 2.24) is 4.98 Å². The van der Waals surface area contributed by atoms with Crippen molar-refractivity contribution in [2.24, 2.45) is 0 Å². The number of nitriles is 1. The molecule has 98 valence electrons. The van der Waals surface area contributed by atoms with E-state index in [9.17, 15) is 22.0 Å². The van der Waals surface area contributed by atoms with Crippen molar-refractivity contribution in [3.63, 3.8) is 0 Å². The fourth-order valence-corrected chi connectivity index (χ4v) is 1.73. The van der Waals surface area contributed by atoms with Crippen molar-refractivity contribution >= 4 is 22.6 Å². The van der Waals surface area contributed by atoms with Gasteiger partial charge in [0.1, 0.15) is 15.1 Å². The van der Waals surface area contributed by atoms with Crippen LogP contribution in [0.25, 0.3) is 0 Å². The van der Waals surface area contributed by atoms with Crippen LogP contribution in [-0.2, 0) is 6.42 Å². The number of hydrogen-bond donors (Lipinski definition) is 0. The summed E-state index contributed by atoms with van der Waals surface area (Å²) in [7, 11) is 0. The van der Waals surface area contributed by atoms with E-state index < -0.39 is 36.2 Å². The molecule has 1 heterocycles. The third-order valence-corrected chi connectivity index (χ3v) is 2.32. The van der Waals surface area contributed by atoms with Gasteiger partial charge in [0.25, 0.3) is 6.43 Å². The second kappa shape index (κ2) is 5.64. The summed E-state index contributed by atoms with van der Waals surface area (Å²) in [5.74, 6) is -0.821. The predicted molar refractivity (Wildman–Crippen MR) is 57.9 cm³/mol. The molecular formula is C9H4F5IN2O. The van der Waals surface area contributed by atoms with Gasteiger partial charge in [-0.25, -0.2) is 13.8 Å². The van der Waals surface area contributed by atoms with Gasteiger partial charge in [-0.2, -0.15) is 5.26 Å². The third kappa shape index (κ3) is 3.94. The minimum atomic E-state index is -5.02. The zero-order valence-corrected chi connectivity index (χ0v) is 10.6. The topological polar surface area (TPSA) is 45.9 Å². The van der Waals surface area contributed by atoms with Gasteiger partial charge in [-0.15, -0.1) is 13.2 Å². The minimum Gasteiger partial charge on any atom is -0.405 e. The zero-order valence-electron chi connectivity index (χ0n) is 8.43. The van der Waals surface area contributed by atoms with E-state index in [1.807, 2.05) is 0 Å². The molecule has 1 aromatic heterocycles. The number of pyridine rings is 1. The van der Waals surface area contributed by atoms with Gasteiger partial charge in [-0.3, -0.25) is 0 Å². The van der Waals surface area contributed by atoms with Crippen LogP contribution in [0, 0.1) is 15.0 Å². The Morgan fingerprint density at radius 1 is 1.44 bits per heavy atom. The molecule has 0 aliphatic rings. The van der Waals surface area contributed by atoms with E-state index in [0.717, 1.165) is 6.07 Å². The Labute approximate surface area is 112 Å². The summed E-state index contributed by atoms with van der Waals surface area (Å²) in [6, 6.07) is 2.36. The van der Waals surface area contributed by atoms with Crippen LogP contribution < -0.4 is 4.74 Å². The lowest BCUT2D eigenvalue weighted by Crippen LogP contribution is -2.19. The predicted octanol–water partition coefficient (Wildman–Crippen LogP) is 3.59. The molecule has 0 N–H and O–H groups in total. The molecule has 0 unspecified atom stereocenters. The molecule has 9 heteroatoms. The molecule has 0 amide bonds. The number of ether oxygens (including phenoxy) is 1. The van der Waals surface area contributed by atoms with Crippen LogP contribution in [0.3, 0.4) is 0 Å². The first-order chi connectivity index (χ1) is 8.24. The van der Waals surface area contributed by atoms with Crippen molar-refractivity contribution in [3.8, 4) is 11.8 Å². The molecule has 0 spiro atoms. The van der Waals surface area contributed by atoms with Gasteiger partial charge in [-0.1, -0.05) is 0 Å². The highest BCUT2D eigenvalue weighted by Gasteiger charge is 2.33. The molecule has 0 saturated carbocycles. The Balaban J connectivity index is 3.34. The second-order valence-corrected chi connectivity index (χ2v) is 4.10. The van der Waals surface area contributed by atoms with E-state index in [0.29, 0.717) is 0 Å². The third-order valence-electron chi connectivity index (χ3n) is 1.77. The van der Waals surface area contributed by atoms with E-state index in [1.54, 1.807) is 0 Å². The van der Waals surface area contributed by atoms with Crippen LogP contribution in [0.4, 0.5) is 22.0 Å². The lowest BCUT2D eigenvalue weighted by Gasteiger charge is -2.14. The van der Waals surface area contributed by atoms with E-state index in [-0.39, 0.29) is 3.70 Å². The monoisotopic (exact) mass is 378 g/mol.